The van der Waals surface area contributed by atoms with Gasteiger partial charge in [-0.05, 0) is 38.0 Å². The summed E-state index contributed by atoms with van der Waals surface area (Å²) in [7, 11) is 0. The van der Waals surface area contributed by atoms with Gasteiger partial charge in [0.25, 0.3) is 0 Å². The minimum absolute atomic E-state index is 0.258. The van der Waals surface area contributed by atoms with Gasteiger partial charge in [0.15, 0.2) is 5.96 Å². The first-order chi connectivity index (χ1) is 8.47. The van der Waals surface area contributed by atoms with Crippen molar-refractivity contribution in [3.8, 4) is 0 Å². The molecule has 1 saturated carbocycles. The normalized spacial score (nSPS) is 23.3. The number of nitrogens with zero attached hydrogens (tertiary/aromatic N) is 1. The van der Waals surface area contributed by atoms with Gasteiger partial charge in [-0.15, -0.1) is 0 Å². The van der Waals surface area contributed by atoms with Crippen molar-refractivity contribution in [2.24, 2.45) is 10.7 Å². The number of guanidine groups is 1. The Morgan fingerprint density at radius 2 is 2.11 bits per heavy atom. The van der Waals surface area contributed by atoms with Crippen LogP contribution in [0.2, 0.25) is 10.0 Å². The van der Waals surface area contributed by atoms with Crippen LogP contribution < -0.4 is 11.1 Å². The Balaban J connectivity index is 2.00. The highest BCUT2D eigenvalue weighted by molar-refractivity contribution is 6.42. The second-order valence-electron chi connectivity index (χ2n) is 4.90. The van der Waals surface area contributed by atoms with E-state index >= 15 is 0 Å². The van der Waals surface area contributed by atoms with Crippen LogP contribution in [0.4, 0.5) is 0 Å². The summed E-state index contributed by atoms with van der Waals surface area (Å²) in [6, 6.07) is 6.30. The SMILES string of the molecule is CC(C)NC(N)=N[C@@H]1C[C@H]1c1ccc(Cl)c(Cl)c1. The van der Waals surface area contributed by atoms with Crippen molar-refractivity contribution in [3.63, 3.8) is 0 Å². The zero-order valence-corrected chi connectivity index (χ0v) is 12.0. The van der Waals surface area contributed by atoms with Gasteiger partial charge in [0.2, 0.25) is 0 Å². The molecule has 1 fully saturated rings. The number of halogens is 2. The Morgan fingerprint density at radius 1 is 1.39 bits per heavy atom. The molecule has 0 saturated heterocycles. The molecule has 2 atom stereocenters. The number of hydrogen-bond acceptors (Lipinski definition) is 1. The Bertz CT molecular complexity index is 471. The summed E-state index contributed by atoms with van der Waals surface area (Å²) in [5.41, 5.74) is 6.98. The highest BCUT2D eigenvalue weighted by Gasteiger charge is 2.38. The van der Waals surface area contributed by atoms with Gasteiger partial charge in [-0.2, -0.15) is 0 Å². The molecule has 1 aliphatic carbocycles. The molecule has 0 aromatic heterocycles. The van der Waals surface area contributed by atoms with Crippen molar-refractivity contribution in [1.29, 1.82) is 0 Å². The standard InChI is InChI=1S/C13H17Cl2N3/c1-7(2)17-13(16)18-12-6-9(12)8-3-4-10(14)11(15)5-8/h3-5,7,9,12H,6H2,1-2H3,(H3,16,17,18)/t9-,12+/m0/s1. The predicted molar refractivity (Wildman–Crippen MR) is 77.5 cm³/mol. The highest BCUT2D eigenvalue weighted by atomic mass is 35.5. The first kappa shape index (κ1) is 13.5. The summed E-state index contributed by atoms with van der Waals surface area (Å²) in [5, 5.41) is 4.27. The predicted octanol–water partition coefficient (Wildman–Crippen LogP) is 3.16. The van der Waals surface area contributed by atoms with Crippen LogP contribution in [0.25, 0.3) is 0 Å². The van der Waals surface area contributed by atoms with Gasteiger partial charge in [0, 0.05) is 12.0 Å². The molecule has 0 aliphatic heterocycles. The molecule has 1 aromatic rings. The van der Waals surface area contributed by atoms with Crippen LogP contribution in [0, 0.1) is 0 Å². The number of hydrogen-bond donors (Lipinski definition) is 2. The van der Waals surface area contributed by atoms with Gasteiger partial charge in [-0.25, -0.2) is 4.99 Å². The smallest absolute Gasteiger partial charge is 0.189 e. The summed E-state index contributed by atoms with van der Waals surface area (Å²) < 4.78 is 0. The number of rotatable bonds is 3. The molecule has 0 radical (unpaired) electrons. The molecular weight excluding hydrogens is 269 g/mol. The summed E-state index contributed by atoms with van der Waals surface area (Å²) in [5.74, 6) is 0.921. The second-order valence-corrected chi connectivity index (χ2v) is 5.71. The van der Waals surface area contributed by atoms with Gasteiger partial charge in [0.05, 0.1) is 16.1 Å². The van der Waals surface area contributed by atoms with E-state index in [1.165, 1.54) is 5.56 Å². The molecular formula is C13H17Cl2N3. The third-order valence-electron chi connectivity index (χ3n) is 2.87. The molecule has 1 aromatic carbocycles. The zero-order valence-electron chi connectivity index (χ0n) is 10.5. The quantitative estimate of drug-likeness (QED) is 0.662. The van der Waals surface area contributed by atoms with Crippen molar-refractivity contribution in [2.45, 2.75) is 38.3 Å². The van der Waals surface area contributed by atoms with Crippen molar-refractivity contribution in [1.82, 2.24) is 5.32 Å². The van der Waals surface area contributed by atoms with Crippen LogP contribution in [-0.2, 0) is 0 Å². The molecule has 5 heteroatoms. The van der Waals surface area contributed by atoms with E-state index in [0.717, 1.165) is 6.42 Å². The van der Waals surface area contributed by atoms with Crippen LogP contribution in [-0.4, -0.2) is 18.0 Å². The first-order valence-corrected chi connectivity index (χ1v) is 6.77. The van der Waals surface area contributed by atoms with E-state index in [2.05, 4.69) is 10.3 Å². The molecule has 18 heavy (non-hydrogen) atoms. The fourth-order valence-electron chi connectivity index (χ4n) is 1.94. The van der Waals surface area contributed by atoms with Crippen LogP contribution in [0.1, 0.15) is 31.7 Å². The molecule has 0 spiro atoms. The Kier molecular flexibility index (Phi) is 4.03. The topological polar surface area (TPSA) is 50.4 Å². The summed E-state index contributed by atoms with van der Waals surface area (Å²) in [4.78, 5) is 4.45. The molecule has 2 rings (SSSR count). The van der Waals surface area contributed by atoms with E-state index in [-0.39, 0.29) is 6.04 Å². The number of nitrogens with one attached hydrogen (secondary N) is 1. The Labute approximate surface area is 117 Å². The highest BCUT2D eigenvalue weighted by Crippen LogP contribution is 2.44. The van der Waals surface area contributed by atoms with Crippen molar-refractivity contribution >= 4 is 29.2 Å². The van der Waals surface area contributed by atoms with Gasteiger partial charge in [-0.3, -0.25) is 0 Å². The number of nitrogens with two attached hydrogens (primary N) is 1. The molecule has 0 bridgehead atoms. The van der Waals surface area contributed by atoms with E-state index < -0.39 is 0 Å². The third kappa shape index (κ3) is 3.30. The largest absolute Gasteiger partial charge is 0.370 e. The zero-order chi connectivity index (χ0) is 13.3. The summed E-state index contributed by atoms with van der Waals surface area (Å²) in [6.07, 6.45) is 1.01. The first-order valence-electron chi connectivity index (χ1n) is 6.02. The number of aliphatic imine (C=N–C) groups is 1. The lowest BCUT2D eigenvalue weighted by Gasteiger charge is -2.08. The van der Waals surface area contributed by atoms with Gasteiger partial charge >= 0.3 is 0 Å². The maximum Gasteiger partial charge on any atom is 0.189 e. The molecule has 0 unspecified atom stereocenters. The maximum atomic E-state index is 6.00. The lowest BCUT2D eigenvalue weighted by molar-refractivity contribution is 0.722. The Morgan fingerprint density at radius 3 is 2.72 bits per heavy atom. The molecule has 1 aliphatic rings. The van der Waals surface area contributed by atoms with Gasteiger partial charge < -0.3 is 11.1 Å². The average molecular weight is 286 g/mol. The van der Waals surface area contributed by atoms with E-state index in [1.807, 2.05) is 32.0 Å². The minimum atomic E-state index is 0.258. The van der Waals surface area contributed by atoms with Crippen LogP contribution in [0.15, 0.2) is 23.2 Å². The van der Waals surface area contributed by atoms with E-state index in [4.69, 9.17) is 28.9 Å². The van der Waals surface area contributed by atoms with Crippen molar-refractivity contribution < 1.29 is 0 Å². The molecule has 3 N–H and O–H groups in total. The maximum absolute atomic E-state index is 6.00. The monoisotopic (exact) mass is 285 g/mol. The molecule has 0 amide bonds. The van der Waals surface area contributed by atoms with Crippen LogP contribution >= 0.6 is 23.2 Å². The average Bonchev–Trinajstić information content (AvgIpc) is 3.00. The molecule has 0 heterocycles. The molecule has 3 nitrogen and oxygen atoms in total. The van der Waals surface area contributed by atoms with E-state index in [9.17, 15) is 0 Å². The van der Waals surface area contributed by atoms with Gasteiger partial charge in [-0.1, -0.05) is 29.3 Å². The second kappa shape index (κ2) is 5.37. The van der Waals surface area contributed by atoms with E-state index in [1.54, 1.807) is 0 Å². The third-order valence-corrected chi connectivity index (χ3v) is 3.61. The van der Waals surface area contributed by atoms with Crippen LogP contribution in [0.3, 0.4) is 0 Å². The van der Waals surface area contributed by atoms with Crippen molar-refractivity contribution in [2.75, 3.05) is 0 Å². The number of benzene rings is 1. The lowest BCUT2D eigenvalue weighted by Crippen LogP contribution is -2.37. The van der Waals surface area contributed by atoms with E-state index in [0.29, 0.717) is 28.0 Å². The van der Waals surface area contributed by atoms with Gasteiger partial charge in [0.1, 0.15) is 0 Å². The molecule has 98 valence electrons. The lowest BCUT2D eigenvalue weighted by atomic mass is 10.1. The fraction of sp³-hybridized carbons (Fsp3) is 0.462. The summed E-state index contributed by atoms with van der Waals surface area (Å²) >= 11 is 11.9. The van der Waals surface area contributed by atoms with Crippen LogP contribution in [0.5, 0.6) is 0 Å². The fourth-order valence-corrected chi connectivity index (χ4v) is 2.24. The van der Waals surface area contributed by atoms with Crippen molar-refractivity contribution in [3.05, 3.63) is 33.8 Å². The minimum Gasteiger partial charge on any atom is -0.370 e. The summed E-state index contributed by atoms with van der Waals surface area (Å²) in [6.45, 7) is 4.07. The Hall–Kier alpha value is -0.930.